The zero-order valence-corrected chi connectivity index (χ0v) is 12.0. The normalized spacial score (nSPS) is 10.8. The maximum absolute atomic E-state index is 13.4. The average Bonchev–Trinajstić information content (AvgIpc) is 2.83. The van der Waals surface area contributed by atoms with Gasteiger partial charge >= 0.3 is 0 Å². The number of rotatable bonds is 2. The maximum atomic E-state index is 13.4. The van der Waals surface area contributed by atoms with Gasteiger partial charge in [-0.1, -0.05) is 24.3 Å². The van der Waals surface area contributed by atoms with E-state index in [1.165, 1.54) is 12.1 Å². The molecule has 0 aliphatic heterocycles. The minimum absolute atomic E-state index is 0.298. The average molecular weight is 281 g/mol. The Morgan fingerprint density at radius 3 is 2.67 bits per heavy atom. The highest BCUT2D eigenvalue weighted by atomic mass is 19.1. The summed E-state index contributed by atoms with van der Waals surface area (Å²) in [6.45, 7) is 4.05. The molecule has 1 heterocycles. The third-order valence-corrected chi connectivity index (χ3v) is 3.45. The summed E-state index contributed by atoms with van der Waals surface area (Å²) in [7, 11) is 0. The molecule has 0 saturated carbocycles. The van der Waals surface area contributed by atoms with Gasteiger partial charge in [-0.15, -0.1) is 0 Å². The fraction of sp³-hybridized carbons (Fsp3) is 0.118. The fourth-order valence-corrected chi connectivity index (χ4v) is 2.34. The molecule has 2 aromatic carbocycles. The van der Waals surface area contributed by atoms with Crippen molar-refractivity contribution in [3.8, 4) is 16.9 Å². The van der Waals surface area contributed by atoms with Crippen molar-refractivity contribution < 1.29 is 4.39 Å². The number of nitrogen functional groups attached to an aromatic ring is 1. The molecule has 1 aromatic heterocycles. The van der Waals surface area contributed by atoms with Gasteiger partial charge in [0.15, 0.2) is 0 Å². The summed E-state index contributed by atoms with van der Waals surface area (Å²) >= 11 is 0. The monoisotopic (exact) mass is 281 g/mol. The summed E-state index contributed by atoms with van der Waals surface area (Å²) in [5.41, 5.74) is 11.1. The zero-order valence-electron chi connectivity index (χ0n) is 12.0. The SMILES string of the molecule is Cc1ccc(C)c(-n2cc(N)c(-c3cccc(F)c3)n2)c1. The second kappa shape index (κ2) is 5.05. The van der Waals surface area contributed by atoms with Gasteiger partial charge in [0.2, 0.25) is 0 Å². The summed E-state index contributed by atoms with van der Waals surface area (Å²) in [4.78, 5) is 0. The van der Waals surface area contributed by atoms with Crippen LogP contribution in [0.2, 0.25) is 0 Å². The number of hydrogen-bond acceptors (Lipinski definition) is 2. The highest BCUT2D eigenvalue weighted by Crippen LogP contribution is 2.27. The van der Waals surface area contributed by atoms with Gasteiger partial charge in [0.1, 0.15) is 11.5 Å². The molecule has 0 unspecified atom stereocenters. The number of aryl methyl sites for hydroxylation is 2. The second-order valence-electron chi connectivity index (χ2n) is 5.18. The molecule has 0 spiro atoms. The van der Waals surface area contributed by atoms with Gasteiger partial charge in [0.25, 0.3) is 0 Å². The van der Waals surface area contributed by atoms with Crippen LogP contribution in [0.25, 0.3) is 16.9 Å². The van der Waals surface area contributed by atoms with Crippen LogP contribution in [0, 0.1) is 19.7 Å². The molecular weight excluding hydrogens is 265 g/mol. The lowest BCUT2D eigenvalue weighted by atomic mass is 10.1. The number of halogens is 1. The van der Waals surface area contributed by atoms with Gasteiger partial charge in [-0.25, -0.2) is 9.07 Å². The van der Waals surface area contributed by atoms with Crippen molar-refractivity contribution in [1.29, 1.82) is 0 Å². The minimum atomic E-state index is -0.298. The van der Waals surface area contributed by atoms with E-state index in [-0.39, 0.29) is 5.82 Å². The van der Waals surface area contributed by atoms with Gasteiger partial charge in [-0.3, -0.25) is 0 Å². The first-order valence-corrected chi connectivity index (χ1v) is 6.73. The number of nitrogens with two attached hydrogens (primary N) is 1. The Kier molecular flexibility index (Phi) is 3.22. The number of anilines is 1. The quantitative estimate of drug-likeness (QED) is 0.774. The van der Waals surface area contributed by atoms with Crippen LogP contribution in [-0.4, -0.2) is 9.78 Å². The Hall–Kier alpha value is -2.62. The molecule has 0 aliphatic rings. The molecule has 0 radical (unpaired) electrons. The molecule has 3 rings (SSSR count). The molecule has 4 heteroatoms. The van der Waals surface area contributed by atoms with E-state index in [4.69, 9.17) is 5.73 Å². The maximum Gasteiger partial charge on any atom is 0.123 e. The molecule has 0 atom stereocenters. The summed E-state index contributed by atoms with van der Waals surface area (Å²) < 4.78 is 15.1. The topological polar surface area (TPSA) is 43.8 Å². The Morgan fingerprint density at radius 1 is 1.10 bits per heavy atom. The van der Waals surface area contributed by atoms with Crippen LogP contribution in [0.5, 0.6) is 0 Å². The van der Waals surface area contributed by atoms with Gasteiger partial charge < -0.3 is 5.73 Å². The van der Waals surface area contributed by atoms with Crippen molar-refractivity contribution in [2.45, 2.75) is 13.8 Å². The van der Waals surface area contributed by atoms with Crippen molar-refractivity contribution >= 4 is 5.69 Å². The first-order chi connectivity index (χ1) is 10.0. The predicted molar refractivity (Wildman–Crippen MR) is 82.8 cm³/mol. The Labute approximate surface area is 122 Å². The number of hydrogen-bond donors (Lipinski definition) is 1. The largest absolute Gasteiger partial charge is 0.396 e. The van der Waals surface area contributed by atoms with Crippen LogP contribution in [0.3, 0.4) is 0 Å². The number of benzene rings is 2. The molecule has 21 heavy (non-hydrogen) atoms. The third-order valence-electron chi connectivity index (χ3n) is 3.45. The highest BCUT2D eigenvalue weighted by Gasteiger charge is 2.11. The van der Waals surface area contributed by atoms with Crippen LogP contribution in [0.4, 0.5) is 10.1 Å². The fourth-order valence-electron chi connectivity index (χ4n) is 2.34. The van der Waals surface area contributed by atoms with Crippen molar-refractivity contribution in [3.63, 3.8) is 0 Å². The van der Waals surface area contributed by atoms with Crippen LogP contribution in [-0.2, 0) is 0 Å². The van der Waals surface area contributed by atoms with E-state index < -0.39 is 0 Å². The van der Waals surface area contributed by atoms with E-state index >= 15 is 0 Å². The van der Waals surface area contributed by atoms with Crippen molar-refractivity contribution in [2.24, 2.45) is 0 Å². The second-order valence-corrected chi connectivity index (χ2v) is 5.18. The zero-order chi connectivity index (χ0) is 15.0. The van der Waals surface area contributed by atoms with E-state index in [1.807, 2.05) is 19.9 Å². The first kappa shape index (κ1) is 13.4. The first-order valence-electron chi connectivity index (χ1n) is 6.73. The molecule has 2 N–H and O–H groups in total. The summed E-state index contributed by atoms with van der Waals surface area (Å²) in [5.74, 6) is -0.298. The lowest BCUT2D eigenvalue weighted by Crippen LogP contribution is -1.98. The van der Waals surface area contributed by atoms with E-state index in [2.05, 4.69) is 17.2 Å². The van der Waals surface area contributed by atoms with Gasteiger partial charge in [-0.05, 0) is 43.2 Å². The Balaban J connectivity index is 2.12. The standard InChI is InChI=1S/C17H16FN3/c1-11-6-7-12(2)16(8-11)21-10-15(19)17(20-21)13-4-3-5-14(18)9-13/h3-10H,19H2,1-2H3. The highest BCUT2D eigenvalue weighted by molar-refractivity contribution is 5.72. The molecule has 106 valence electrons. The molecule has 3 aromatic rings. The summed E-state index contributed by atoms with van der Waals surface area (Å²) in [6.07, 6.45) is 1.77. The summed E-state index contributed by atoms with van der Waals surface area (Å²) in [6, 6.07) is 12.4. The van der Waals surface area contributed by atoms with Gasteiger partial charge in [0, 0.05) is 5.56 Å². The van der Waals surface area contributed by atoms with E-state index in [0.717, 1.165) is 16.8 Å². The van der Waals surface area contributed by atoms with Crippen LogP contribution >= 0.6 is 0 Å². The Morgan fingerprint density at radius 2 is 1.90 bits per heavy atom. The molecular formula is C17H16FN3. The van der Waals surface area contributed by atoms with E-state index in [1.54, 1.807) is 23.0 Å². The smallest absolute Gasteiger partial charge is 0.123 e. The lowest BCUT2D eigenvalue weighted by molar-refractivity contribution is 0.628. The van der Waals surface area contributed by atoms with Crippen molar-refractivity contribution in [2.75, 3.05) is 5.73 Å². The molecule has 0 bridgehead atoms. The van der Waals surface area contributed by atoms with Gasteiger partial charge in [-0.2, -0.15) is 5.10 Å². The Bertz CT molecular complexity index is 806. The third kappa shape index (κ3) is 2.52. The molecule has 3 nitrogen and oxygen atoms in total. The van der Waals surface area contributed by atoms with Crippen LogP contribution in [0.1, 0.15) is 11.1 Å². The minimum Gasteiger partial charge on any atom is -0.396 e. The summed E-state index contributed by atoms with van der Waals surface area (Å²) in [5, 5.41) is 4.52. The van der Waals surface area contributed by atoms with Crippen LogP contribution < -0.4 is 5.73 Å². The molecule has 0 amide bonds. The van der Waals surface area contributed by atoms with Crippen molar-refractivity contribution in [1.82, 2.24) is 9.78 Å². The van der Waals surface area contributed by atoms with Crippen molar-refractivity contribution in [3.05, 3.63) is 65.6 Å². The van der Waals surface area contributed by atoms with E-state index in [9.17, 15) is 4.39 Å². The van der Waals surface area contributed by atoms with E-state index in [0.29, 0.717) is 16.9 Å². The lowest BCUT2D eigenvalue weighted by Gasteiger charge is -2.06. The molecule has 0 aliphatic carbocycles. The molecule has 0 fully saturated rings. The molecule has 0 saturated heterocycles. The predicted octanol–water partition coefficient (Wildman–Crippen LogP) is 3.88. The number of nitrogens with zero attached hydrogens (tertiary/aromatic N) is 2. The van der Waals surface area contributed by atoms with Gasteiger partial charge in [0.05, 0.1) is 17.6 Å². The number of aromatic nitrogens is 2. The van der Waals surface area contributed by atoms with Crippen LogP contribution in [0.15, 0.2) is 48.7 Å².